The summed E-state index contributed by atoms with van der Waals surface area (Å²) in [5, 5.41) is 17.4. The van der Waals surface area contributed by atoms with E-state index >= 15 is 0 Å². The maximum atomic E-state index is 13.2. The minimum absolute atomic E-state index is 0.105. The molecule has 8 heteroatoms. The van der Waals surface area contributed by atoms with E-state index < -0.39 is 30.0 Å². The summed E-state index contributed by atoms with van der Waals surface area (Å²) in [6.07, 6.45) is 1.58. The van der Waals surface area contributed by atoms with Crippen LogP contribution in [0.2, 0.25) is 0 Å². The van der Waals surface area contributed by atoms with Gasteiger partial charge >= 0.3 is 6.09 Å². The lowest BCUT2D eigenvalue weighted by Gasteiger charge is -2.26. The van der Waals surface area contributed by atoms with Gasteiger partial charge in [0.25, 0.3) is 0 Å². The Balaban J connectivity index is 2.19. The van der Waals surface area contributed by atoms with Gasteiger partial charge in [0.1, 0.15) is 11.8 Å². The van der Waals surface area contributed by atoms with Crippen molar-refractivity contribution in [2.75, 3.05) is 13.2 Å². The molecule has 0 radical (unpaired) electrons. The molecule has 2 aromatic rings. The summed E-state index contributed by atoms with van der Waals surface area (Å²) < 4.78 is 5.92. The highest BCUT2D eigenvalue weighted by molar-refractivity contribution is 5.86. The Morgan fingerprint density at radius 2 is 1.53 bits per heavy atom. The van der Waals surface area contributed by atoms with E-state index in [1.54, 1.807) is 0 Å². The van der Waals surface area contributed by atoms with Gasteiger partial charge in [0, 0.05) is 6.54 Å². The lowest BCUT2D eigenvalue weighted by atomic mass is 9.97. The molecule has 2 rings (SSSR count). The fraction of sp³-hybridized carbons (Fsp3) is 0.500. The Morgan fingerprint density at radius 1 is 0.868 bits per heavy atom. The average molecular weight is 526 g/mol. The number of carbonyl (C=O) groups is 3. The molecule has 8 nitrogen and oxygen atoms in total. The second-order valence-corrected chi connectivity index (χ2v) is 10.0. The third-order valence-electron chi connectivity index (χ3n) is 6.86. The molecule has 3 amide bonds. The topological polar surface area (TPSA) is 117 Å². The Morgan fingerprint density at radius 3 is 2.11 bits per heavy atom. The number of nitrogens with one attached hydrogen (secondary N) is 3. The zero-order valence-electron chi connectivity index (χ0n) is 23.2. The molecular weight excluding hydrogens is 482 g/mol. The average Bonchev–Trinajstić information content (AvgIpc) is 2.92. The molecule has 0 aliphatic heterocycles. The van der Waals surface area contributed by atoms with E-state index in [0.717, 1.165) is 29.7 Å². The number of benzene rings is 2. The van der Waals surface area contributed by atoms with Gasteiger partial charge in [-0.3, -0.25) is 9.59 Å². The van der Waals surface area contributed by atoms with Gasteiger partial charge in [0.05, 0.1) is 18.6 Å². The quantitative estimate of drug-likeness (QED) is 0.253. The van der Waals surface area contributed by atoms with Crippen LogP contribution in [0.5, 0.6) is 5.75 Å². The SMILES string of the molecule is CCCC(C)COc1ccc([C@@H](CNC(=O)[C@@H](NC(=O)O)[C@@H](C)CC)NC(=O)[C@@H](C)c2ccccc2)cc1. The molecule has 0 heterocycles. The van der Waals surface area contributed by atoms with E-state index in [9.17, 15) is 19.5 Å². The van der Waals surface area contributed by atoms with Crippen LogP contribution >= 0.6 is 0 Å². The van der Waals surface area contributed by atoms with Gasteiger partial charge in [-0.1, -0.05) is 83.0 Å². The normalized spacial score (nSPS) is 14.9. The molecule has 0 aliphatic rings. The monoisotopic (exact) mass is 525 g/mol. The summed E-state index contributed by atoms with van der Waals surface area (Å²) in [5.41, 5.74) is 1.69. The van der Waals surface area contributed by atoms with E-state index in [1.807, 2.05) is 75.4 Å². The molecule has 0 fully saturated rings. The molecule has 0 bridgehead atoms. The zero-order valence-corrected chi connectivity index (χ0v) is 23.2. The van der Waals surface area contributed by atoms with Crippen molar-refractivity contribution in [3.05, 3.63) is 65.7 Å². The molecule has 208 valence electrons. The highest BCUT2D eigenvalue weighted by Crippen LogP contribution is 2.22. The van der Waals surface area contributed by atoms with Crippen molar-refractivity contribution >= 4 is 17.9 Å². The van der Waals surface area contributed by atoms with Crippen LogP contribution < -0.4 is 20.7 Å². The molecular formula is C30H43N3O5. The fourth-order valence-corrected chi connectivity index (χ4v) is 4.20. The van der Waals surface area contributed by atoms with Crippen molar-refractivity contribution < 1.29 is 24.2 Å². The second kappa shape index (κ2) is 15.6. The number of ether oxygens (including phenoxy) is 1. The van der Waals surface area contributed by atoms with Crippen molar-refractivity contribution in [3.63, 3.8) is 0 Å². The molecule has 0 aromatic heterocycles. The minimum Gasteiger partial charge on any atom is -0.493 e. The Bertz CT molecular complexity index is 1010. The highest BCUT2D eigenvalue weighted by Gasteiger charge is 2.27. The third kappa shape index (κ3) is 9.72. The van der Waals surface area contributed by atoms with E-state index in [0.29, 0.717) is 18.9 Å². The van der Waals surface area contributed by atoms with Crippen LogP contribution in [0.4, 0.5) is 4.79 Å². The summed E-state index contributed by atoms with van der Waals surface area (Å²) in [7, 11) is 0. The summed E-state index contributed by atoms with van der Waals surface area (Å²) >= 11 is 0. The second-order valence-electron chi connectivity index (χ2n) is 10.0. The van der Waals surface area contributed by atoms with E-state index in [-0.39, 0.29) is 18.4 Å². The maximum absolute atomic E-state index is 13.2. The van der Waals surface area contributed by atoms with Crippen molar-refractivity contribution in [3.8, 4) is 5.75 Å². The van der Waals surface area contributed by atoms with E-state index in [1.165, 1.54) is 0 Å². The van der Waals surface area contributed by atoms with Gasteiger partial charge in [0.2, 0.25) is 11.8 Å². The van der Waals surface area contributed by atoms with Gasteiger partial charge in [-0.2, -0.15) is 0 Å². The molecule has 38 heavy (non-hydrogen) atoms. The molecule has 0 aliphatic carbocycles. The molecule has 0 spiro atoms. The summed E-state index contributed by atoms with van der Waals surface area (Å²) in [6.45, 7) is 10.6. The van der Waals surface area contributed by atoms with Crippen LogP contribution in [-0.2, 0) is 9.59 Å². The number of rotatable bonds is 15. The zero-order chi connectivity index (χ0) is 28.1. The summed E-state index contributed by atoms with van der Waals surface area (Å²) in [4.78, 5) is 37.4. The standard InChI is InChI=1S/C30H43N3O5/c1-6-11-20(3)19-38-25-16-14-24(15-17-25)26(32-28(34)22(5)23-12-9-8-10-13-23)18-31-29(35)27(21(4)7-2)33-30(36)37/h8-10,12-17,20-22,26-27,33H,6-7,11,18-19H2,1-5H3,(H,31,35)(H,32,34)(H,36,37)/t20?,21-,22-,26+,27-/m0/s1. The lowest BCUT2D eigenvalue weighted by molar-refractivity contribution is -0.125. The molecule has 1 unspecified atom stereocenters. The Kier molecular flexibility index (Phi) is 12.6. The molecule has 5 atom stereocenters. The van der Waals surface area contributed by atoms with Crippen LogP contribution in [-0.4, -0.2) is 42.2 Å². The van der Waals surface area contributed by atoms with Crippen molar-refractivity contribution in [2.24, 2.45) is 11.8 Å². The first-order valence-electron chi connectivity index (χ1n) is 13.5. The smallest absolute Gasteiger partial charge is 0.405 e. The molecule has 2 aromatic carbocycles. The maximum Gasteiger partial charge on any atom is 0.405 e. The van der Waals surface area contributed by atoms with Crippen LogP contribution in [0.25, 0.3) is 0 Å². The summed E-state index contributed by atoms with van der Waals surface area (Å²) in [5.74, 6) is 0.0147. The highest BCUT2D eigenvalue weighted by atomic mass is 16.5. The Hall–Kier alpha value is -3.55. The number of hydrogen-bond acceptors (Lipinski definition) is 4. The predicted molar refractivity (Wildman–Crippen MR) is 149 cm³/mol. The third-order valence-corrected chi connectivity index (χ3v) is 6.86. The largest absolute Gasteiger partial charge is 0.493 e. The molecule has 0 saturated carbocycles. The first-order chi connectivity index (χ1) is 18.2. The number of amides is 3. The lowest BCUT2D eigenvalue weighted by Crippen LogP contribution is -2.51. The van der Waals surface area contributed by atoms with Gasteiger partial charge in [-0.15, -0.1) is 0 Å². The van der Waals surface area contributed by atoms with Gasteiger partial charge in [-0.05, 0) is 48.4 Å². The minimum atomic E-state index is -1.25. The molecule has 0 saturated heterocycles. The summed E-state index contributed by atoms with van der Waals surface area (Å²) in [6, 6.07) is 15.6. The van der Waals surface area contributed by atoms with Gasteiger partial charge < -0.3 is 25.8 Å². The van der Waals surface area contributed by atoms with E-state index in [2.05, 4.69) is 29.8 Å². The predicted octanol–water partition coefficient (Wildman–Crippen LogP) is 5.26. The number of carbonyl (C=O) groups excluding carboxylic acids is 2. The van der Waals surface area contributed by atoms with Crippen molar-refractivity contribution in [1.82, 2.24) is 16.0 Å². The van der Waals surface area contributed by atoms with E-state index in [4.69, 9.17) is 4.74 Å². The van der Waals surface area contributed by atoms with Crippen LogP contribution in [0, 0.1) is 11.8 Å². The van der Waals surface area contributed by atoms with Crippen molar-refractivity contribution in [1.29, 1.82) is 0 Å². The van der Waals surface area contributed by atoms with Crippen LogP contribution in [0.3, 0.4) is 0 Å². The number of hydrogen-bond donors (Lipinski definition) is 4. The fourth-order valence-electron chi connectivity index (χ4n) is 4.20. The first kappa shape index (κ1) is 30.7. The first-order valence-corrected chi connectivity index (χ1v) is 13.5. The van der Waals surface area contributed by atoms with Crippen LogP contribution in [0.15, 0.2) is 54.6 Å². The Labute approximate surface area is 226 Å². The molecule has 4 N–H and O–H groups in total. The van der Waals surface area contributed by atoms with Crippen molar-refractivity contribution in [2.45, 2.75) is 71.9 Å². The van der Waals surface area contributed by atoms with Gasteiger partial charge in [0.15, 0.2) is 0 Å². The van der Waals surface area contributed by atoms with Gasteiger partial charge in [-0.25, -0.2) is 4.79 Å². The van der Waals surface area contributed by atoms with Crippen LogP contribution in [0.1, 0.15) is 77.0 Å². The number of carboxylic acid groups (broad SMARTS) is 1.